The molecule has 18 heavy (non-hydrogen) atoms. The molecule has 5 nitrogen and oxygen atoms in total. The predicted molar refractivity (Wildman–Crippen MR) is 72.7 cm³/mol. The Morgan fingerprint density at radius 2 is 2.06 bits per heavy atom. The van der Waals surface area contributed by atoms with Crippen LogP contribution in [0.25, 0.3) is 11.0 Å². The fraction of sp³-hybridized carbons (Fsp3) is 0.385. The highest BCUT2D eigenvalue weighted by molar-refractivity contribution is 5.90. The van der Waals surface area contributed by atoms with Crippen molar-refractivity contribution in [3.05, 3.63) is 23.8 Å². The SMILES string of the molecule is Cc1ccc2nc(NC(=O)NC(C)(C)C)[nH]c2c1. The summed E-state index contributed by atoms with van der Waals surface area (Å²) in [6.45, 7) is 7.79. The summed E-state index contributed by atoms with van der Waals surface area (Å²) in [6, 6.07) is 5.64. The number of hydrogen-bond donors (Lipinski definition) is 3. The van der Waals surface area contributed by atoms with Crippen LogP contribution in [0.5, 0.6) is 0 Å². The van der Waals surface area contributed by atoms with Crippen molar-refractivity contribution in [2.75, 3.05) is 5.32 Å². The van der Waals surface area contributed by atoms with Gasteiger partial charge in [0, 0.05) is 5.54 Å². The highest BCUT2D eigenvalue weighted by Crippen LogP contribution is 2.15. The van der Waals surface area contributed by atoms with E-state index in [4.69, 9.17) is 0 Å². The summed E-state index contributed by atoms with van der Waals surface area (Å²) in [7, 11) is 0. The summed E-state index contributed by atoms with van der Waals surface area (Å²) in [5, 5.41) is 5.50. The molecule has 0 fully saturated rings. The summed E-state index contributed by atoms with van der Waals surface area (Å²) in [5.41, 5.74) is 2.64. The molecule has 0 atom stereocenters. The number of nitrogens with zero attached hydrogens (tertiary/aromatic N) is 1. The number of hydrogen-bond acceptors (Lipinski definition) is 2. The number of anilines is 1. The molecule has 0 aliphatic carbocycles. The zero-order valence-corrected chi connectivity index (χ0v) is 11.1. The van der Waals surface area contributed by atoms with Crippen LogP contribution in [0, 0.1) is 6.92 Å². The Morgan fingerprint density at radius 1 is 1.33 bits per heavy atom. The van der Waals surface area contributed by atoms with Crippen molar-refractivity contribution in [1.29, 1.82) is 0 Å². The topological polar surface area (TPSA) is 69.8 Å². The Morgan fingerprint density at radius 3 is 2.72 bits per heavy atom. The van der Waals surface area contributed by atoms with E-state index in [0.29, 0.717) is 5.95 Å². The fourth-order valence-electron chi connectivity index (χ4n) is 1.66. The number of carbonyl (C=O) groups is 1. The van der Waals surface area contributed by atoms with Crippen molar-refractivity contribution in [3.8, 4) is 0 Å². The van der Waals surface area contributed by atoms with E-state index in [-0.39, 0.29) is 11.6 Å². The van der Waals surface area contributed by atoms with E-state index in [9.17, 15) is 4.79 Å². The maximum atomic E-state index is 11.7. The summed E-state index contributed by atoms with van der Waals surface area (Å²) < 4.78 is 0. The van der Waals surface area contributed by atoms with Gasteiger partial charge in [-0.3, -0.25) is 5.32 Å². The lowest BCUT2D eigenvalue weighted by atomic mass is 10.1. The van der Waals surface area contributed by atoms with Crippen LogP contribution < -0.4 is 10.6 Å². The molecule has 1 aromatic carbocycles. The van der Waals surface area contributed by atoms with Crippen LogP contribution in [0.4, 0.5) is 10.7 Å². The molecule has 1 aromatic heterocycles. The van der Waals surface area contributed by atoms with E-state index in [1.165, 1.54) is 0 Å². The second kappa shape index (κ2) is 4.33. The minimum absolute atomic E-state index is 0.265. The number of aromatic amines is 1. The average Bonchev–Trinajstić information content (AvgIpc) is 2.55. The molecule has 2 amide bonds. The number of aromatic nitrogens is 2. The standard InChI is InChI=1S/C13H18N4O/c1-8-5-6-9-10(7-8)15-11(14-9)16-12(18)17-13(2,3)4/h5-7H,1-4H3,(H3,14,15,16,17,18). The molecule has 96 valence electrons. The molecule has 5 heteroatoms. The van der Waals surface area contributed by atoms with Gasteiger partial charge in [0.25, 0.3) is 0 Å². The lowest BCUT2D eigenvalue weighted by Gasteiger charge is -2.20. The number of H-pyrrole nitrogens is 1. The second-order valence-corrected chi connectivity index (χ2v) is 5.44. The van der Waals surface area contributed by atoms with Crippen LogP contribution in [0.2, 0.25) is 0 Å². The molecule has 2 rings (SSSR count). The van der Waals surface area contributed by atoms with Crippen LogP contribution in [-0.4, -0.2) is 21.5 Å². The van der Waals surface area contributed by atoms with E-state index >= 15 is 0 Å². The second-order valence-electron chi connectivity index (χ2n) is 5.44. The van der Waals surface area contributed by atoms with Crippen molar-refractivity contribution in [1.82, 2.24) is 15.3 Å². The minimum Gasteiger partial charge on any atom is -0.333 e. The largest absolute Gasteiger partial charge is 0.333 e. The highest BCUT2D eigenvalue weighted by Gasteiger charge is 2.14. The molecule has 3 N–H and O–H groups in total. The summed E-state index contributed by atoms with van der Waals surface area (Å²) in [6.07, 6.45) is 0. The molecule has 0 bridgehead atoms. The van der Waals surface area contributed by atoms with Gasteiger partial charge in [0.05, 0.1) is 11.0 Å². The third-order valence-corrected chi connectivity index (χ3v) is 2.36. The van der Waals surface area contributed by atoms with Crippen LogP contribution in [0.1, 0.15) is 26.3 Å². The van der Waals surface area contributed by atoms with Gasteiger partial charge in [0.15, 0.2) is 0 Å². The molecule has 0 aliphatic rings. The number of aryl methyl sites for hydroxylation is 1. The van der Waals surface area contributed by atoms with Gasteiger partial charge in [-0.05, 0) is 45.4 Å². The van der Waals surface area contributed by atoms with E-state index < -0.39 is 0 Å². The van der Waals surface area contributed by atoms with E-state index in [1.54, 1.807) is 0 Å². The molecule has 0 unspecified atom stereocenters. The Kier molecular flexibility index (Phi) is 2.98. The third-order valence-electron chi connectivity index (χ3n) is 2.36. The first-order valence-corrected chi connectivity index (χ1v) is 5.89. The highest BCUT2D eigenvalue weighted by atomic mass is 16.2. The third kappa shape index (κ3) is 3.00. The Bertz CT molecular complexity index is 580. The Balaban J connectivity index is 2.15. The van der Waals surface area contributed by atoms with Crippen LogP contribution in [0.3, 0.4) is 0 Å². The number of amides is 2. The number of nitrogens with one attached hydrogen (secondary N) is 3. The van der Waals surface area contributed by atoms with Crippen LogP contribution in [0.15, 0.2) is 18.2 Å². The van der Waals surface area contributed by atoms with E-state index in [1.807, 2.05) is 45.9 Å². The molecule has 0 saturated heterocycles. The summed E-state index contributed by atoms with van der Waals surface area (Å²) in [5.74, 6) is 0.456. The number of carbonyl (C=O) groups excluding carboxylic acids is 1. The number of imidazole rings is 1. The smallest absolute Gasteiger partial charge is 0.321 e. The maximum absolute atomic E-state index is 11.7. The van der Waals surface area contributed by atoms with Gasteiger partial charge in [-0.25, -0.2) is 9.78 Å². The molecule has 0 radical (unpaired) electrons. The van der Waals surface area contributed by atoms with Crippen molar-refractivity contribution < 1.29 is 4.79 Å². The first-order valence-electron chi connectivity index (χ1n) is 5.89. The van der Waals surface area contributed by atoms with Gasteiger partial charge in [0.1, 0.15) is 0 Å². The van der Waals surface area contributed by atoms with Crippen molar-refractivity contribution in [3.63, 3.8) is 0 Å². The van der Waals surface area contributed by atoms with Gasteiger partial charge < -0.3 is 10.3 Å². The number of urea groups is 1. The first kappa shape index (κ1) is 12.4. The van der Waals surface area contributed by atoms with Crippen molar-refractivity contribution in [2.24, 2.45) is 0 Å². The van der Waals surface area contributed by atoms with E-state index in [2.05, 4.69) is 20.6 Å². The van der Waals surface area contributed by atoms with Gasteiger partial charge in [-0.1, -0.05) is 6.07 Å². The predicted octanol–water partition coefficient (Wildman–Crippen LogP) is 2.79. The molecule has 0 spiro atoms. The molecule has 0 saturated carbocycles. The van der Waals surface area contributed by atoms with Gasteiger partial charge >= 0.3 is 6.03 Å². The fourth-order valence-corrected chi connectivity index (χ4v) is 1.66. The zero-order valence-electron chi connectivity index (χ0n) is 11.1. The first-order chi connectivity index (χ1) is 8.33. The zero-order chi connectivity index (χ0) is 13.3. The summed E-state index contributed by atoms with van der Waals surface area (Å²) >= 11 is 0. The molecule has 1 heterocycles. The van der Waals surface area contributed by atoms with Crippen molar-refractivity contribution in [2.45, 2.75) is 33.2 Å². The van der Waals surface area contributed by atoms with E-state index in [0.717, 1.165) is 16.6 Å². The Hall–Kier alpha value is -2.04. The maximum Gasteiger partial charge on any atom is 0.321 e. The monoisotopic (exact) mass is 246 g/mol. The van der Waals surface area contributed by atoms with Gasteiger partial charge in [0.2, 0.25) is 5.95 Å². The molecular weight excluding hydrogens is 228 g/mol. The quantitative estimate of drug-likeness (QED) is 0.724. The molecular formula is C13H18N4O. The minimum atomic E-state index is -0.271. The number of benzene rings is 1. The lowest BCUT2D eigenvalue weighted by Crippen LogP contribution is -2.43. The Labute approximate surface area is 106 Å². The number of rotatable bonds is 1. The van der Waals surface area contributed by atoms with Gasteiger partial charge in [-0.15, -0.1) is 0 Å². The van der Waals surface area contributed by atoms with Crippen LogP contribution >= 0.6 is 0 Å². The average molecular weight is 246 g/mol. The van der Waals surface area contributed by atoms with Gasteiger partial charge in [-0.2, -0.15) is 0 Å². The van der Waals surface area contributed by atoms with Crippen molar-refractivity contribution >= 4 is 23.0 Å². The molecule has 2 aromatic rings. The summed E-state index contributed by atoms with van der Waals surface area (Å²) in [4.78, 5) is 19.1. The van der Waals surface area contributed by atoms with Crippen LogP contribution in [-0.2, 0) is 0 Å². The lowest BCUT2D eigenvalue weighted by molar-refractivity contribution is 0.243. The molecule has 0 aliphatic heterocycles. The number of fused-ring (bicyclic) bond motifs is 1. The normalized spacial score (nSPS) is 11.6.